The summed E-state index contributed by atoms with van der Waals surface area (Å²) in [5, 5.41) is 6.00. The van der Waals surface area contributed by atoms with E-state index in [2.05, 4.69) is 43.5 Å². The largest absolute Gasteiger partial charge is 0.324 e. The van der Waals surface area contributed by atoms with Crippen LogP contribution >= 0.6 is 15.9 Å². The molecule has 0 saturated carbocycles. The molecule has 2 aromatic carbocycles. The molecule has 1 amide bonds. The summed E-state index contributed by atoms with van der Waals surface area (Å²) in [6.45, 7) is 2.05. The molecule has 0 radical (unpaired) electrons. The Morgan fingerprint density at radius 2 is 1.72 bits per heavy atom. The van der Waals surface area contributed by atoms with Gasteiger partial charge >= 0.3 is 0 Å². The van der Waals surface area contributed by atoms with E-state index in [1.807, 2.05) is 48.5 Å². The molecule has 5 nitrogen and oxygen atoms in total. The smallest absolute Gasteiger partial charge is 0.258 e. The highest BCUT2D eigenvalue weighted by molar-refractivity contribution is 9.10. The number of anilines is 3. The van der Waals surface area contributed by atoms with Crippen molar-refractivity contribution in [2.75, 3.05) is 10.6 Å². The molecule has 25 heavy (non-hydrogen) atoms. The summed E-state index contributed by atoms with van der Waals surface area (Å²) in [4.78, 5) is 20.8. The molecule has 0 aliphatic carbocycles. The number of rotatable bonds is 5. The van der Waals surface area contributed by atoms with Gasteiger partial charge in [-0.15, -0.1) is 0 Å². The zero-order chi connectivity index (χ0) is 17.6. The number of aromatic nitrogens is 2. The van der Waals surface area contributed by atoms with Crippen molar-refractivity contribution in [3.8, 4) is 0 Å². The van der Waals surface area contributed by atoms with Gasteiger partial charge in [-0.2, -0.15) is 0 Å². The molecule has 1 aromatic heterocycles. The van der Waals surface area contributed by atoms with Crippen LogP contribution in [0.4, 0.5) is 17.3 Å². The van der Waals surface area contributed by atoms with E-state index < -0.39 is 0 Å². The van der Waals surface area contributed by atoms with Crippen LogP contribution in [0.3, 0.4) is 0 Å². The third-order valence-corrected chi connectivity index (χ3v) is 4.19. The maximum absolute atomic E-state index is 12.4. The van der Waals surface area contributed by atoms with Crippen LogP contribution in [0.5, 0.6) is 0 Å². The van der Waals surface area contributed by atoms with Crippen molar-refractivity contribution in [1.82, 2.24) is 9.97 Å². The molecule has 0 fully saturated rings. The Morgan fingerprint density at radius 3 is 2.40 bits per heavy atom. The quantitative estimate of drug-likeness (QED) is 0.649. The Balaban J connectivity index is 1.69. The Bertz CT molecular complexity index is 863. The van der Waals surface area contributed by atoms with Gasteiger partial charge in [0.15, 0.2) is 0 Å². The minimum absolute atomic E-state index is 0.226. The lowest BCUT2D eigenvalue weighted by Gasteiger charge is -2.10. The highest BCUT2D eigenvalue weighted by Gasteiger charge is 2.09. The van der Waals surface area contributed by atoms with E-state index in [1.54, 1.807) is 0 Å². The lowest BCUT2D eigenvalue weighted by atomic mass is 10.1. The summed E-state index contributed by atoms with van der Waals surface area (Å²) in [5.74, 6) is 0.212. The van der Waals surface area contributed by atoms with Crippen LogP contribution in [-0.2, 0) is 6.42 Å². The average Bonchev–Trinajstić information content (AvgIpc) is 2.64. The number of amides is 1. The lowest BCUT2D eigenvalue weighted by Crippen LogP contribution is -2.14. The third-order valence-electron chi connectivity index (χ3n) is 3.66. The number of halogens is 1. The second kappa shape index (κ2) is 7.90. The minimum atomic E-state index is -0.226. The summed E-state index contributed by atoms with van der Waals surface area (Å²) < 4.78 is 0.998. The molecule has 0 aliphatic heterocycles. The van der Waals surface area contributed by atoms with Crippen molar-refractivity contribution < 1.29 is 4.79 Å². The van der Waals surface area contributed by atoms with E-state index >= 15 is 0 Å². The van der Waals surface area contributed by atoms with Crippen LogP contribution in [0, 0.1) is 0 Å². The van der Waals surface area contributed by atoms with E-state index in [1.165, 1.54) is 12.4 Å². The Labute approximate surface area is 154 Å². The van der Waals surface area contributed by atoms with Crippen LogP contribution in [0.15, 0.2) is 65.4 Å². The molecule has 0 spiro atoms. The molecule has 0 saturated heterocycles. The fourth-order valence-electron chi connectivity index (χ4n) is 2.32. The van der Waals surface area contributed by atoms with Gasteiger partial charge in [-0.25, -0.2) is 9.97 Å². The van der Waals surface area contributed by atoms with Crippen LogP contribution in [-0.4, -0.2) is 15.9 Å². The van der Waals surface area contributed by atoms with E-state index in [4.69, 9.17) is 0 Å². The lowest BCUT2D eigenvalue weighted by molar-refractivity contribution is 0.102. The van der Waals surface area contributed by atoms with Crippen molar-refractivity contribution in [3.63, 3.8) is 0 Å². The number of aryl methyl sites for hydroxylation is 1. The fraction of sp³-hybridized carbons (Fsp3) is 0.105. The number of nitrogens with one attached hydrogen (secondary N) is 2. The standard InChI is InChI=1S/C19H17BrN4O/c1-2-13-5-3-4-6-17(13)24-18(25)14-11-21-19(22-12-14)23-16-9-7-15(20)8-10-16/h3-12H,2H2,1H3,(H,24,25)(H,21,22,23). The van der Waals surface area contributed by atoms with Gasteiger partial charge < -0.3 is 10.6 Å². The van der Waals surface area contributed by atoms with Crippen molar-refractivity contribution in [2.24, 2.45) is 0 Å². The highest BCUT2D eigenvalue weighted by atomic mass is 79.9. The van der Waals surface area contributed by atoms with Gasteiger partial charge in [-0.1, -0.05) is 41.1 Å². The summed E-state index contributed by atoms with van der Waals surface area (Å²) in [6.07, 6.45) is 3.87. The second-order valence-corrected chi connectivity index (χ2v) is 6.31. The zero-order valence-electron chi connectivity index (χ0n) is 13.7. The molecule has 0 bridgehead atoms. The molecule has 6 heteroatoms. The van der Waals surface area contributed by atoms with Gasteiger partial charge in [-0.05, 0) is 42.3 Å². The SMILES string of the molecule is CCc1ccccc1NC(=O)c1cnc(Nc2ccc(Br)cc2)nc1. The van der Waals surface area contributed by atoms with Gasteiger partial charge in [0.05, 0.1) is 5.56 Å². The molecule has 1 heterocycles. The van der Waals surface area contributed by atoms with Crippen LogP contribution < -0.4 is 10.6 Å². The molecule has 0 atom stereocenters. The summed E-state index contributed by atoms with van der Waals surface area (Å²) >= 11 is 3.39. The number of para-hydroxylation sites is 1. The van der Waals surface area contributed by atoms with Crippen LogP contribution in [0.1, 0.15) is 22.8 Å². The maximum Gasteiger partial charge on any atom is 0.258 e. The topological polar surface area (TPSA) is 66.9 Å². The fourth-order valence-corrected chi connectivity index (χ4v) is 2.58. The molecule has 3 rings (SSSR count). The first kappa shape index (κ1) is 17.1. The molecular weight excluding hydrogens is 380 g/mol. The number of nitrogens with zero attached hydrogens (tertiary/aromatic N) is 2. The Hall–Kier alpha value is -2.73. The third kappa shape index (κ3) is 4.42. The van der Waals surface area contributed by atoms with Crippen LogP contribution in [0.2, 0.25) is 0 Å². The first-order valence-corrected chi connectivity index (χ1v) is 8.69. The Morgan fingerprint density at radius 1 is 1.04 bits per heavy atom. The number of carbonyl (C=O) groups is 1. The van der Waals surface area contributed by atoms with E-state index in [9.17, 15) is 4.79 Å². The van der Waals surface area contributed by atoms with E-state index in [0.717, 1.165) is 27.8 Å². The monoisotopic (exact) mass is 396 g/mol. The summed E-state index contributed by atoms with van der Waals surface area (Å²) in [6, 6.07) is 15.4. The normalized spacial score (nSPS) is 10.3. The molecule has 3 aromatic rings. The van der Waals surface area contributed by atoms with Crippen molar-refractivity contribution in [3.05, 3.63) is 76.5 Å². The maximum atomic E-state index is 12.4. The minimum Gasteiger partial charge on any atom is -0.324 e. The van der Waals surface area contributed by atoms with Gasteiger partial charge in [-0.3, -0.25) is 4.79 Å². The Kier molecular flexibility index (Phi) is 5.40. The van der Waals surface area contributed by atoms with Gasteiger partial charge in [0.25, 0.3) is 5.91 Å². The number of benzene rings is 2. The number of hydrogen-bond donors (Lipinski definition) is 2. The highest BCUT2D eigenvalue weighted by Crippen LogP contribution is 2.18. The average molecular weight is 397 g/mol. The molecule has 0 aliphatic rings. The molecular formula is C19H17BrN4O. The van der Waals surface area contributed by atoms with Crippen molar-refractivity contribution in [2.45, 2.75) is 13.3 Å². The van der Waals surface area contributed by atoms with Crippen LogP contribution in [0.25, 0.3) is 0 Å². The number of carbonyl (C=O) groups excluding carboxylic acids is 1. The molecule has 126 valence electrons. The predicted molar refractivity (Wildman–Crippen MR) is 103 cm³/mol. The number of hydrogen-bond acceptors (Lipinski definition) is 4. The summed E-state index contributed by atoms with van der Waals surface area (Å²) in [7, 11) is 0. The zero-order valence-corrected chi connectivity index (χ0v) is 15.2. The first-order chi connectivity index (χ1) is 12.2. The molecule has 2 N–H and O–H groups in total. The van der Waals surface area contributed by atoms with Gasteiger partial charge in [0.1, 0.15) is 0 Å². The van der Waals surface area contributed by atoms with E-state index in [0.29, 0.717) is 11.5 Å². The van der Waals surface area contributed by atoms with Gasteiger partial charge in [0.2, 0.25) is 5.95 Å². The van der Waals surface area contributed by atoms with Crippen molar-refractivity contribution in [1.29, 1.82) is 0 Å². The molecule has 0 unspecified atom stereocenters. The predicted octanol–water partition coefficient (Wildman–Crippen LogP) is 4.80. The van der Waals surface area contributed by atoms with Gasteiger partial charge in [0, 0.05) is 28.2 Å². The first-order valence-electron chi connectivity index (χ1n) is 7.89. The van der Waals surface area contributed by atoms with Crippen molar-refractivity contribution >= 4 is 39.2 Å². The van der Waals surface area contributed by atoms with E-state index in [-0.39, 0.29) is 5.91 Å². The summed E-state index contributed by atoms with van der Waals surface area (Å²) in [5.41, 5.74) is 3.18. The second-order valence-electron chi connectivity index (χ2n) is 5.39.